The number of nitrogens with two attached hydrogens (primary N) is 1. The van der Waals surface area contributed by atoms with Gasteiger partial charge in [-0.05, 0) is 30.2 Å². The third-order valence-corrected chi connectivity index (χ3v) is 5.71. The second kappa shape index (κ2) is 7.58. The molecule has 2 aromatic rings. The number of methoxy groups -OCH3 is 1. The van der Waals surface area contributed by atoms with E-state index in [2.05, 4.69) is 5.32 Å². The molecule has 0 saturated heterocycles. The zero-order valence-corrected chi connectivity index (χ0v) is 14.2. The number of nitrogens with one attached hydrogen (secondary N) is 1. The summed E-state index contributed by atoms with van der Waals surface area (Å²) in [5, 5.41) is 7.82. The lowest BCUT2D eigenvalue weighted by atomic mass is 10.1. The standard InChI is InChI=1S/C15H18N2O4S2/c1-21-13-5-3-2-4-11(13)6-8-14(18)17-10-12-7-9-15(22-12)23(16,19)20/h2-5,7,9H,6,8,10H2,1H3,(H,17,18)(H2,16,19,20). The Bertz CT molecular complexity index is 784. The number of benzene rings is 1. The van der Waals surface area contributed by atoms with E-state index < -0.39 is 10.0 Å². The van der Waals surface area contributed by atoms with Gasteiger partial charge in [0.1, 0.15) is 9.96 Å². The maximum atomic E-state index is 11.9. The number of rotatable bonds is 7. The lowest BCUT2D eigenvalue weighted by Gasteiger charge is -2.08. The highest BCUT2D eigenvalue weighted by molar-refractivity contribution is 7.91. The molecule has 0 aliphatic heterocycles. The van der Waals surface area contributed by atoms with Gasteiger partial charge in [-0.2, -0.15) is 0 Å². The smallest absolute Gasteiger partial charge is 0.247 e. The summed E-state index contributed by atoms with van der Waals surface area (Å²) < 4.78 is 27.7. The number of thiophene rings is 1. The Morgan fingerprint density at radius 2 is 2.00 bits per heavy atom. The van der Waals surface area contributed by atoms with Crippen LogP contribution in [0.15, 0.2) is 40.6 Å². The lowest BCUT2D eigenvalue weighted by Crippen LogP contribution is -2.22. The van der Waals surface area contributed by atoms with E-state index in [0.29, 0.717) is 12.8 Å². The summed E-state index contributed by atoms with van der Waals surface area (Å²) in [6, 6.07) is 10.6. The molecule has 1 aromatic heterocycles. The van der Waals surface area contributed by atoms with Gasteiger partial charge in [-0.3, -0.25) is 4.79 Å². The number of hydrogen-bond acceptors (Lipinski definition) is 5. The van der Waals surface area contributed by atoms with Crippen LogP contribution in [-0.2, 0) is 27.8 Å². The molecule has 1 amide bonds. The van der Waals surface area contributed by atoms with E-state index in [-0.39, 0.29) is 16.7 Å². The number of ether oxygens (including phenoxy) is 1. The number of para-hydroxylation sites is 1. The molecule has 0 radical (unpaired) electrons. The minimum absolute atomic E-state index is 0.0933. The van der Waals surface area contributed by atoms with Crippen LogP contribution in [0.3, 0.4) is 0 Å². The molecule has 6 nitrogen and oxygen atoms in total. The molecule has 0 aliphatic rings. The number of sulfonamides is 1. The number of primary sulfonamides is 1. The molecule has 8 heteroatoms. The summed E-state index contributed by atoms with van der Waals surface area (Å²) in [7, 11) is -2.09. The zero-order chi connectivity index (χ0) is 16.9. The molecule has 0 bridgehead atoms. The van der Waals surface area contributed by atoms with Crippen LogP contribution in [0.25, 0.3) is 0 Å². The SMILES string of the molecule is COc1ccccc1CCC(=O)NCc1ccc(S(N)(=O)=O)s1. The fourth-order valence-electron chi connectivity index (χ4n) is 2.04. The van der Waals surface area contributed by atoms with Crippen molar-refractivity contribution < 1.29 is 17.9 Å². The Labute approximate surface area is 139 Å². The molecule has 0 atom stereocenters. The van der Waals surface area contributed by atoms with Gasteiger partial charge in [0, 0.05) is 11.3 Å². The van der Waals surface area contributed by atoms with Crippen LogP contribution >= 0.6 is 11.3 Å². The van der Waals surface area contributed by atoms with Crippen LogP contribution in [0.1, 0.15) is 16.9 Å². The van der Waals surface area contributed by atoms with Crippen molar-refractivity contribution in [1.82, 2.24) is 5.32 Å². The summed E-state index contributed by atoms with van der Waals surface area (Å²) in [5.74, 6) is 0.651. The quantitative estimate of drug-likeness (QED) is 0.790. The van der Waals surface area contributed by atoms with E-state index in [1.54, 1.807) is 13.2 Å². The van der Waals surface area contributed by atoms with Gasteiger partial charge in [0.25, 0.3) is 0 Å². The van der Waals surface area contributed by atoms with Crippen molar-refractivity contribution in [3.05, 3.63) is 46.8 Å². The molecule has 0 spiro atoms. The van der Waals surface area contributed by atoms with Crippen LogP contribution in [0.2, 0.25) is 0 Å². The summed E-state index contributed by atoms with van der Waals surface area (Å²) in [6.07, 6.45) is 0.899. The second-order valence-electron chi connectivity index (χ2n) is 4.85. The first kappa shape index (κ1) is 17.5. The molecular weight excluding hydrogens is 336 g/mol. The van der Waals surface area contributed by atoms with Crippen molar-refractivity contribution in [1.29, 1.82) is 0 Å². The average Bonchev–Trinajstić information content (AvgIpc) is 3.00. The number of aryl methyl sites for hydroxylation is 1. The molecule has 0 saturated carbocycles. The van der Waals surface area contributed by atoms with Crippen LogP contribution < -0.4 is 15.2 Å². The molecule has 1 aromatic carbocycles. The van der Waals surface area contributed by atoms with Gasteiger partial charge in [-0.25, -0.2) is 13.6 Å². The fourth-order valence-corrected chi connectivity index (χ4v) is 3.76. The maximum Gasteiger partial charge on any atom is 0.247 e. The second-order valence-corrected chi connectivity index (χ2v) is 7.81. The normalized spacial score (nSPS) is 11.2. The molecule has 0 unspecified atom stereocenters. The summed E-state index contributed by atoms with van der Waals surface area (Å²) in [5.41, 5.74) is 0.970. The first-order valence-corrected chi connectivity index (χ1v) is 9.26. The number of amides is 1. The minimum Gasteiger partial charge on any atom is -0.496 e. The van der Waals surface area contributed by atoms with Gasteiger partial charge in [-0.15, -0.1) is 11.3 Å². The molecule has 1 heterocycles. The number of hydrogen-bond donors (Lipinski definition) is 2. The van der Waals surface area contributed by atoms with Crippen LogP contribution in [0, 0.1) is 0 Å². The fraction of sp³-hybridized carbons (Fsp3) is 0.267. The van der Waals surface area contributed by atoms with Crippen molar-refractivity contribution in [2.24, 2.45) is 5.14 Å². The van der Waals surface area contributed by atoms with Gasteiger partial charge in [0.2, 0.25) is 15.9 Å². The largest absolute Gasteiger partial charge is 0.496 e. The highest BCUT2D eigenvalue weighted by Gasteiger charge is 2.12. The van der Waals surface area contributed by atoms with Gasteiger partial charge < -0.3 is 10.1 Å². The Kier molecular flexibility index (Phi) is 5.75. The van der Waals surface area contributed by atoms with Crippen LogP contribution in [0.5, 0.6) is 5.75 Å². The third-order valence-electron chi connectivity index (χ3n) is 3.19. The van der Waals surface area contributed by atoms with Gasteiger partial charge in [0.05, 0.1) is 13.7 Å². The predicted molar refractivity (Wildman–Crippen MR) is 88.9 cm³/mol. The first-order valence-electron chi connectivity index (χ1n) is 6.90. The number of carbonyl (C=O) groups is 1. The lowest BCUT2D eigenvalue weighted by molar-refractivity contribution is -0.121. The van der Waals surface area contributed by atoms with Crippen LogP contribution in [0.4, 0.5) is 0 Å². The minimum atomic E-state index is -3.68. The van der Waals surface area contributed by atoms with Gasteiger partial charge in [0.15, 0.2) is 0 Å². The first-order chi connectivity index (χ1) is 10.9. The topological polar surface area (TPSA) is 98.5 Å². The molecular formula is C15H18N2O4S2. The van der Waals surface area contributed by atoms with Crippen LogP contribution in [-0.4, -0.2) is 21.4 Å². The van der Waals surface area contributed by atoms with Gasteiger partial charge in [-0.1, -0.05) is 18.2 Å². The van der Waals surface area contributed by atoms with Gasteiger partial charge >= 0.3 is 0 Å². The molecule has 3 N–H and O–H groups in total. The summed E-state index contributed by atoms with van der Waals surface area (Å²) in [6.45, 7) is 0.283. The van der Waals surface area contributed by atoms with E-state index in [4.69, 9.17) is 9.88 Å². The van der Waals surface area contributed by atoms with E-state index in [0.717, 1.165) is 27.5 Å². The number of carbonyl (C=O) groups excluding carboxylic acids is 1. The summed E-state index contributed by atoms with van der Waals surface area (Å²) >= 11 is 1.05. The molecule has 2 rings (SSSR count). The van der Waals surface area contributed by atoms with E-state index in [1.807, 2.05) is 24.3 Å². The highest BCUT2D eigenvalue weighted by atomic mass is 32.2. The molecule has 124 valence electrons. The van der Waals surface area contributed by atoms with Crippen molar-refractivity contribution in [2.45, 2.75) is 23.6 Å². The third kappa shape index (κ3) is 5.05. The monoisotopic (exact) mass is 354 g/mol. The van der Waals surface area contributed by atoms with E-state index >= 15 is 0 Å². The summed E-state index contributed by atoms with van der Waals surface area (Å²) in [4.78, 5) is 12.6. The molecule has 23 heavy (non-hydrogen) atoms. The Morgan fingerprint density at radius 3 is 2.65 bits per heavy atom. The predicted octanol–water partition coefficient (Wildman–Crippen LogP) is 1.65. The molecule has 0 aliphatic carbocycles. The zero-order valence-electron chi connectivity index (χ0n) is 12.6. The maximum absolute atomic E-state index is 11.9. The Balaban J connectivity index is 1.85. The molecule has 0 fully saturated rings. The van der Waals surface area contributed by atoms with Crippen molar-refractivity contribution >= 4 is 27.3 Å². The Hall–Kier alpha value is -1.90. The van der Waals surface area contributed by atoms with Crippen molar-refractivity contribution in [3.63, 3.8) is 0 Å². The highest BCUT2D eigenvalue weighted by Crippen LogP contribution is 2.20. The Morgan fingerprint density at radius 1 is 1.26 bits per heavy atom. The van der Waals surface area contributed by atoms with E-state index in [1.165, 1.54) is 6.07 Å². The van der Waals surface area contributed by atoms with E-state index in [9.17, 15) is 13.2 Å². The van der Waals surface area contributed by atoms with Crippen molar-refractivity contribution in [3.8, 4) is 5.75 Å². The average molecular weight is 354 g/mol. The van der Waals surface area contributed by atoms with Crippen molar-refractivity contribution in [2.75, 3.05) is 7.11 Å².